The Morgan fingerprint density at radius 3 is 1.78 bits per heavy atom. The molecule has 83 heavy (non-hydrogen) atoms. The molecule has 5 saturated heterocycles. The lowest BCUT2D eigenvalue weighted by Crippen LogP contribution is -2.75. The molecule has 0 radical (unpaired) electrons. The number of aromatic nitrogens is 1. The van der Waals surface area contributed by atoms with E-state index < -0.39 is 182 Å². The van der Waals surface area contributed by atoms with Crippen molar-refractivity contribution in [2.24, 2.45) is 22.7 Å². The van der Waals surface area contributed by atoms with Crippen LogP contribution in [0.15, 0.2) is 36.2 Å². The van der Waals surface area contributed by atoms with Crippen LogP contribution in [0.2, 0.25) is 0 Å². The van der Waals surface area contributed by atoms with Gasteiger partial charge in [0.1, 0.15) is 71.9 Å². The summed E-state index contributed by atoms with van der Waals surface area (Å²) in [4.78, 5) is 31.0. The van der Waals surface area contributed by atoms with Gasteiger partial charge >= 0.3 is 5.97 Å². The summed E-state index contributed by atoms with van der Waals surface area (Å²) in [5, 5.41) is 89.5. The molecule has 4 aliphatic carbocycles. The van der Waals surface area contributed by atoms with Gasteiger partial charge in [-0.3, -0.25) is 9.78 Å². The highest BCUT2D eigenvalue weighted by Gasteiger charge is 2.77. The van der Waals surface area contributed by atoms with Gasteiger partial charge < -0.3 is 102 Å². The number of carbonyl (C=O) groups excluding carboxylic acids is 2. The van der Waals surface area contributed by atoms with Crippen LogP contribution in [0.1, 0.15) is 129 Å². The van der Waals surface area contributed by atoms with Gasteiger partial charge in [-0.25, -0.2) is 4.79 Å². The lowest BCUT2D eigenvalue weighted by atomic mass is 9.43. The van der Waals surface area contributed by atoms with Crippen molar-refractivity contribution in [3.05, 3.63) is 41.7 Å². The highest BCUT2D eigenvalue weighted by atomic mass is 16.8. The van der Waals surface area contributed by atoms with E-state index in [1.807, 2.05) is 13.0 Å². The minimum atomic E-state index is -1.72. The number of esters is 1. The van der Waals surface area contributed by atoms with Crippen molar-refractivity contribution < 1.29 is 112 Å². The minimum absolute atomic E-state index is 0.00141. The Hall–Kier alpha value is -2.77. The number of methoxy groups -OCH3 is 2. The van der Waals surface area contributed by atoms with Crippen LogP contribution in [0.3, 0.4) is 0 Å². The van der Waals surface area contributed by atoms with Crippen LogP contribution in [0.25, 0.3) is 0 Å². The Labute approximate surface area is 484 Å². The van der Waals surface area contributed by atoms with Crippen LogP contribution in [0, 0.1) is 22.7 Å². The van der Waals surface area contributed by atoms with Gasteiger partial charge in [-0.15, -0.1) is 0 Å². The molecule has 10 rings (SSSR count). The molecule has 0 spiro atoms. The lowest BCUT2D eigenvalue weighted by molar-refractivity contribution is -0.357. The van der Waals surface area contributed by atoms with Crippen LogP contribution < -0.4 is 0 Å². The summed E-state index contributed by atoms with van der Waals surface area (Å²) in [6.07, 6.45) is -12.3. The Bertz CT molecular complexity index is 2400. The van der Waals surface area contributed by atoms with E-state index in [0.29, 0.717) is 32.1 Å². The summed E-state index contributed by atoms with van der Waals surface area (Å²) in [7, 11) is 3.07. The molecule has 1 aromatic heterocycles. The molecule has 0 unspecified atom stereocenters. The summed E-state index contributed by atoms with van der Waals surface area (Å²) in [5.74, 6) is -1.83. The molecule has 8 fully saturated rings. The summed E-state index contributed by atoms with van der Waals surface area (Å²) in [6, 6.07) is 3.27. The predicted molar refractivity (Wildman–Crippen MR) is 285 cm³/mol. The summed E-state index contributed by atoms with van der Waals surface area (Å²) in [5.41, 5.74) is -3.78. The Morgan fingerprint density at radius 1 is 0.687 bits per heavy atom. The molecule has 8 N–H and O–H groups in total. The quantitative estimate of drug-likeness (QED) is 0.0861. The number of ether oxygens (including phenoxy) is 13. The standard InChI is InChI=1S/C59H89NO23/c1-27(62)35-14-17-59(70)57(35,7)42(79-54(68)32-11-10-18-60-25-32)24-41-56(6)15-13-34(19-33(56)12-16-58(41,59)69)77-45-22-38(71-8)52(30(4)75-45)82-44-21-37(64)50(28(2)74-44)80-43-20-36(63)51(29(3)73-43)81-46-23-39(72-9)53(31(5)76-46)83-55-49(67)48(66)47(65)40(26-61)78-55/h10-12,18,25,28-31,34-53,55,61,63-67,69-70H,13-17,19-24,26H2,1-9H3/t28-,29-,30-,31-,34-,35-,36-,37-,38-,39-,40+,41-,42-,43+,44+,45+,46+,47+,48-,49+,50-,51-,52-,53-,55-,56+,57+,58-,59+/m1/s1. The SMILES string of the molecule is CO[C@@H]1C[C@H](O[C@@H]2CC[C@@]3(C)C(=CC[C@@]4(O)[C@@H]3C[C@@H](OC(=O)c3cccnc3)[C@]3(C)[C@@H](C(C)=O)CC[C@]34O)C2)O[C@H](C)[C@H]1O[C@H]1C[C@@H](O)[C@H](O[C@H]2C[C@@H](O)[C@H](O[C@H]3C[C@@H](OC)[C@H](O[C@H]4O[C@@H](CO)[C@H](O)[C@@H](O)[C@@H]4O)[C@@H](C)O3)[C@@H](C)O2)[C@@H](C)O1. The van der Waals surface area contributed by atoms with E-state index in [1.165, 1.54) is 20.2 Å². The molecular weight excluding hydrogens is 1090 g/mol. The fourth-order valence-electron chi connectivity index (χ4n) is 15.9. The number of hydrogen-bond donors (Lipinski definition) is 8. The molecule has 24 heteroatoms. The third-order valence-electron chi connectivity index (χ3n) is 20.6. The molecule has 24 nitrogen and oxygen atoms in total. The van der Waals surface area contributed by atoms with E-state index in [4.69, 9.17) is 61.6 Å². The molecule has 1 aromatic rings. The first-order valence-electron chi connectivity index (χ1n) is 29.7. The number of hydrogen-bond acceptors (Lipinski definition) is 24. The second-order valence-electron chi connectivity index (χ2n) is 25.4. The number of aliphatic hydroxyl groups is 8. The topological polar surface area (TPSA) is 329 Å². The van der Waals surface area contributed by atoms with E-state index >= 15 is 0 Å². The summed E-state index contributed by atoms with van der Waals surface area (Å²) in [6.45, 7) is 11.9. The van der Waals surface area contributed by atoms with Gasteiger partial charge in [0.2, 0.25) is 0 Å². The van der Waals surface area contributed by atoms with Crippen LogP contribution in [-0.2, 0) is 66.4 Å². The molecule has 3 saturated carbocycles. The molecule has 0 aromatic carbocycles. The second kappa shape index (κ2) is 25.0. The van der Waals surface area contributed by atoms with Gasteiger partial charge in [0, 0.05) is 69.5 Å². The normalized spacial score (nSPS) is 50.1. The summed E-state index contributed by atoms with van der Waals surface area (Å²) >= 11 is 0. The van der Waals surface area contributed by atoms with E-state index in [2.05, 4.69) is 11.9 Å². The van der Waals surface area contributed by atoms with Crippen molar-refractivity contribution in [1.29, 1.82) is 0 Å². The Morgan fingerprint density at radius 2 is 1.24 bits per heavy atom. The first kappa shape index (κ1) is 63.3. The average Bonchev–Trinajstić information content (AvgIpc) is 1.72. The van der Waals surface area contributed by atoms with Gasteiger partial charge in [0.15, 0.2) is 31.5 Å². The average molecular weight is 1180 g/mol. The van der Waals surface area contributed by atoms with Gasteiger partial charge in [-0.05, 0) is 97.1 Å². The molecule has 5 aliphatic heterocycles. The van der Waals surface area contributed by atoms with Crippen molar-refractivity contribution in [2.45, 2.75) is 272 Å². The zero-order chi connectivity index (χ0) is 59.7. The first-order valence-corrected chi connectivity index (χ1v) is 29.7. The van der Waals surface area contributed by atoms with Gasteiger partial charge in [-0.2, -0.15) is 0 Å². The number of carbonyl (C=O) groups is 2. The number of ketones is 1. The van der Waals surface area contributed by atoms with Crippen molar-refractivity contribution in [2.75, 3.05) is 20.8 Å². The number of rotatable bonds is 16. The maximum Gasteiger partial charge on any atom is 0.339 e. The predicted octanol–water partition coefficient (Wildman–Crippen LogP) is 1.63. The smallest absolute Gasteiger partial charge is 0.339 e. The van der Waals surface area contributed by atoms with Crippen molar-refractivity contribution >= 4 is 11.8 Å². The van der Waals surface area contributed by atoms with Gasteiger partial charge in [0.25, 0.3) is 0 Å². The summed E-state index contributed by atoms with van der Waals surface area (Å²) < 4.78 is 80.6. The number of fused-ring (bicyclic) bond motifs is 5. The number of aliphatic hydroxyl groups excluding tert-OH is 6. The highest BCUT2D eigenvalue weighted by Crippen LogP contribution is 2.70. The lowest BCUT2D eigenvalue weighted by Gasteiger charge is -2.66. The van der Waals surface area contributed by atoms with E-state index in [9.17, 15) is 50.4 Å². The minimum Gasteiger partial charge on any atom is -0.458 e. The maximum atomic E-state index is 13.7. The second-order valence-corrected chi connectivity index (χ2v) is 25.4. The third-order valence-corrected chi connectivity index (χ3v) is 20.6. The fourth-order valence-corrected chi connectivity index (χ4v) is 15.9. The molecule has 0 bridgehead atoms. The Balaban J connectivity index is 0.704. The van der Waals surface area contributed by atoms with Gasteiger partial charge in [0.05, 0.1) is 67.1 Å². The first-order chi connectivity index (χ1) is 39.4. The zero-order valence-electron chi connectivity index (χ0n) is 49.0. The molecule has 29 atom stereocenters. The van der Waals surface area contributed by atoms with Crippen LogP contribution in [0.4, 0.5) is 0 Å². The molecular formula is C59H89NO23. The van der Waals surface area contributed by atoms with Gasteiger partial charge in [-0.1, -0.05) is 25.5 Å². The highest BCUT2D eigenvalue weighted by molar-refractivity contribution is 5.89. The maximum absolute atomic E-state index is 13.7. The monoisotopic (exact) mass is 1180 g/mol. The van der Waals surface area contributed by atoms with Crippen LogP contribution in [0.5, 0.6) is 0 Å². The van der Waals surface area contributed by atoms with Crippen molar-refractivity contribution in [3.8, 4) is 0 Å². The number of Topliss-reactive ketones (excluding diaryl/α,β-unsaturated/α-hetero) is 1. The van der Waals surface area contributed by atoms with Crippen LogP contribution >= 0.6 is 0 Å². The number of pyridine rings is 1. The molecule has 468 valence electrons. The van der Waals surface area contributed by atoms with E-state index in [1.54, 1.807) is 53.1 Å². The van der Waals surface area contributed by atoms with E-state index in [-0.39, 0.29) is 56.0 Å². The third kappa shape index (κ3) is 11.7. The van der Waals surface area contributed by atoms with Crippen molar-refractivity contribution in [1.82, 2.24) is 4.98 Å². The largest absolute Gasteiger partial charge is 0.458 e. The molecule has 6 heterocycles. The number of nitrogens with zero attached hydrogens (tertiary/aromatic N) is 1. The Kier molecular flexibility index (Phi) is 19.1. The van der Waals surface area contributed by atoms with E-state index in [0.717, 1.165) is 5.57 Å². The molecule has 0 amide bonds. The zero-order valence-corrected chi connectivity index (χ0v) is 49.0. The van der Waals surface area contributed by atoms with Crippen LogP contribution in [-0.4, -0.2) is 231 Å². The molecule has 9 aliphatic rings. The van der Waals surface area contributed by atoms with Crippen molar-refractivity contribution in [3.63, 3.8) is 0 Å². The fraction of sp³-hybridized carbons (Fsp3) is 0.847.